The predicted octanol–water partition coefficient (Wildman–Crippen LogP) is 2.88. The molecule has 2 aromatic rings. The second kappa shape index (κ2) is 2.78. The van der Waals surface area contributed by atoms with Gasteiger partial charge in [0.05, 0.1) is 5.52 Å². The molecule has 2 rings (SSSR count). The molecule has 0 aliphatic heterocycles. The Labute approximate surface area is 71.4 Å². The van der Waals surface area contributed by atoms with Gasteiger partial charge in [0.2, 0.25) is 0 Å². The molecule has 12 heavy (non-hydrogen) atoms. The summed E-state index contributed by atoms with van der Waals surface area (Å²) in [5.74, 6) is 0. The Balaban J connectivity index is 2.75. The summed E-state index contributed by atoms with van der Waals surface area (Å²) in [7, 11) is 0. The highest BCUT2D eigenvalue weighted by Gasteiger charge is 1.92. The van der Waals surface area contributed by atoms with Crippen LogP contribution in [0.3, 0.4) is 0 Å². The van der Waals surface area contributed by atoms with Crippen molar-refractivity contribution in [1.29, 1.82) is 0 Å². The van der Waals surface area contributed by atoms with Crippen molar-refractivity contribution >= 4 is 17.0 Å². The van der Waals surface area contributed by atoms with Crippen molar-refractivity contribution in [3.05, 3.63) is 48.7 Å². The van der Waals surface area contributed by atoms with Gasteiger partial charge >= 0.3 is 0 Å². The lowest BCUT2D eigenvalue weighted by atomic mass is 10.1. The molecule has 0 unspecified atom stereocenters. The normalized spacial score (nSPS) is 10.0. The SMILES string of the molecule is C=Cc1ccc2cccnc2c1. The average Bonchev–Trinajstić information content (AvgIpc) is 2.17. The highest BCUT2D eigenvalue weighted by Crippen LogP contribution is 2.13. The van der Waals surface area contributed by atoms with Crippen LogP contribution in [0.5, 0.6) is 0 Å². The van der Waals surface area contributed by atoms with Crippen LogP contribution < -0.4 is 0 Å². The first-order valence-electron chi connectivity index (χ1n) is 3.87. The molecule has 0 radical (unpaired) electrons. The van der Waals surface area contributed by atoms with Crippen molar-refractivity contribution in [3.63, 3.8) is 0 Å². The molecule has 0 saturated carbocycles. The molecule has 1 aromatic heterocycles. The molecule has 1 aromatic carbocycles. The largest absolute Gasteiger partial charge is 0.256 e. The summed E-state index contributed by atoms with van der Waals surface area (Å²) in [6, 6.07) is 10.1. The van der Waals surface area contributed by atoms with E-state index in [4.69, 9.17) is 0 Å². The summed E-state index contributed by atoms with van der Waals surface area (Å²) >= 11 is 0. The third-order valence-corrected chi connectivity index (χ3v) is 1.87. The van der Waals surface area contributed by atoms with Gasteiger partial charge in [0.25, 0.3) is 0 Å². The molecule has 58 valence electrons. The quantitative estimate of drug-likeness (QED) is 0.617. The third-order valence-electron chi connectivity index (χ3n) is 1.87. The number of aromatic nitrogens is 1. The minimum Gasteiger partial charge on any atom is -0.256 e. The molecule has 0 spiro atoms. The van der Waals surface area contributed by atoms with Gasteiger partial charge in [-0.3, -0.25) is 4.98 Å². The van der Waals surface area contributed by atoms with Crippen molar-refractivity contribution in [1.82, 2.24) is 4.98 Å². The first kappa shape index (κ1) is 7.04. The van der Waals surface area contributed by atoms with Crippen LogP contribution >= 0.6 is 0 Å². The summed E-state index contributed by atoms with van der Waals surface area (Å²) in [5, 5.41) is 1.17. The van der Waals surface area contributed by atoms with Crippen molar-refractivity contribution in [3.8, 4) is 0 Å². The Morgan fingerprint density at radius 1 is 1.25 bits per heavy atom. The van der Waals surface area contributed by atoms with E-state index in [-0.39, 0.29) is 0 Å². The fourth-order valence-corrected chi connectivity index (χ4v) is 1.21. The zero-order valence-corrected chi connectivity index (χ0v) is 6.70. The standard InChI is InChI=1S/C11H9N/c1-2-9-5-6-10-4-3-7-12-11(10)8-9/h2-8H,1H2. The van der Waals surface area contributed by atoms with Gasteiger partial charge in [0, 0.05) is 11.6 Å². The molecular weight excluding hydrogens is 146 g/mol. The number of nitrogens with zero attached hydrogens (tertiary/aromatic N) is 1. The van der Waals surface area contributed by atoms with E-state index in [1.807, 2.05) is 24.3 Å². The lowest BCUT2D eigenvalue weighted by molar-refractivity contribution is 1.41. The average molecular weight is 155 g/mol. The maximum atomic E-state index is 4.24. The van der Waals surface area contributed by atoms with E-state index in [1.54, 1.807) is 6.20 Å². The van der Waals surface area contributed by atoms with E-state index in [9.17, 15) is 0 Å². The van der Waals surface area contributed by atoms with Gasteiger partial charge in [-0.2, -0.15) is 0 Å². The van der Waals surface area contributed by atoms with Crippen molar-refractivity contribution in [2.45, 2.75) is 0 Å². The first-order chi connectivity index (χ1) is 5.90. The highest BCUT2D eigenvalue weighted by molar-refractivity contribution is 5.80. The number of pyridine rings is 1. The molecule has 1 heterocycles. The van der Waals surface area contributed by atoms with Crippen LogP contribution in [0.15, 0.2) is 43.1 Å². The highest BCUT2D eigenvalue weighted by atomic mass is 14.6. The molecule has 0 saturated heterocycles. The topological polar surface area (TPSA) is 12.9 Å². The Kier molecular flexibility index (Phi) is 1.63. The van der Waals surface area contributed by atoms with Crippen LogP contribution in [0.2, 0.25) is 0 Å². The molecule has 0 N–H and O–H groups in total. The van der Waals surface area contributed by atoms with E-state index in [0.29, 0.717) is 0 Å². The summed E-state index contributed by atoms with van der Waals surface area (Å²) in [4.78, 5) is 4.24. The molecule has 0 aliphatic carbocycles. The number of hydrogen-bond donors (Lipinski definition) is 0. The summed E-state index contributed by atoms with van der Waals surface area (Å²) in [6.07, 6.45) is 3.63. The fourth-order valence-electron chi connectivity index (χ4n) is 1.21. The van der Waals surface area contributed by atoms with E-state index in [2.05, 4.69) is 23.7 Å². The minimum atomic E-state index is 1.02. The van der Waals surface area contributed by atoms with Crippen LogP contribution in [-0.2, 0) is 0 Å². The van der Waals surface area contributed by atoms with Gasteiger partial charge in [-0.1, -0.05) is 30.9 Å². The lowest BCUT2D eigenvalue weighted by Gasteiger charge is -1.96. The monoisotopic (exact) mass is 155 g/mol. The van der Waals surface area contributed by atoms with E-state index in [1.165, 1.54) is 5.39 Å². The Bertz CT molecular complexity index is 418. The van der Waals surface area contributed by atoms with Gasteiger partial charge < -0.3 is 0 Å². The van der Waals surface area contributed by atoms with E-state index in [0.717, 1.165) is 11.1 Å². The molecule has 0 atom stereocenters. The van der Waals surface area contributed by atoms with Gasteiger partial charge in [-0.25, -0.2) is 0 Å². The van der Waals surface area contributed by atoms with Crippen LogP contribution in [0.1, 0.15) is 5.56 Å². The van der Waals surface area contributed by atoms with Gasteiger partial charge in [0.15, 0.2) is 0 Å². The fraction of sp³-hybridized carbons (Fsp3) is 0. The second-order valence-electron chi connectivity index (χ2n) is 2.66. The summed E-state index contributed by atoms with van der Waals surface area (Å²) in [5.41, 5.74) is 2.14. The zero-order chi connectivity index (χ0) is 8.39. The van der Waals surface area contributed by atoms with Gasteiger partial charge in [-0.15, -0.1) is 0 Å². The van der Waals surface area contributed by atoms with Crippen LogP contribution in [0, 0.1) is 0 Å². The Morgan fingerprint density at radius 3 is 3.00 bits per heavy atom. The zero-order valence-electron chi connectivity index (χ0n) is 6.70. The summed E-state index contributed by atoms with van der Waals surface area (Å²) < 4.78 is 0. The van der Waals surface area contributed by atoms with Gasteiger partial charge in [-0.05, 0) is 17.7 Å². The number of rotatable bonds is 1. The number of benzene rings is 1. The van der Waals surface area contributed by atoms with Crippen molar-refractivity contribution in [2.24, 2.45) is 0 Å². The van der Waals surface area contributed by atoms with E-state index < -0.39 is 0 Å². The molecule has 1 nitrogen and oxygen atoms in total. The Morgan fingerprint density at radius 2 is 2.17 bits per heavy atom. The predicted molar refractivity (Wildman–Crippen MR) is 51.8 cm³/mol. The Hall–Kier alpha value is -1.63. The third kappa shape index (κ3) is 1.10. The van der Waals surface area contributed by atoms with Crippen LogP contribution in [0.25, 0.3) is 17.0 Å². The number of hydrogen-bond acceptors (Lipinski definition) is 1. The van der Waals surface area contributed by atoms with Crippen LogP contribution in [-0.4, -0.2) is 4.98 Å². The molecule has 0 fully saturated rings. The van der Waals surface area contributed by atoms with E-state index >= 15 is 0 Å². The number of fused-ring (bicyclic) bond motifs is 1. The van der Waals surface area contributed by atoms with Crippen molar-refractivity contribution < 1.29 is 0 Å². The molecule has 0 bridgehead atoms. The lowest BCUT2D eigenvalue weighted by Crippen LogP contribution is -1.77. The molecule has 1 heteroatoms. The van der Waals surface area contributed by atoms with Crippen molar-refractivity contribution in [2.75, 3.05) is 0 Å². The maximum absolute atomic E-state index is 4.24. The molecular formula is C11H9N. The molecule has 0 aliphatic rings. The minimum absolute atomic E-state index is 1.02. The summed E-state index contributed by atoms with van der Waals surface area (Å²) in [6.45, 7) is 3.71. The molecule has 0 amide bonds. The first-order valence-corrected chi connectivity index (χ1v) is 3.87. The van der Waals surface area contributed by atoms with Crippen LogP contribution in [0.4, 0.5) is 0 Å². The maximum Gasteiger partial charge on any atom is 0.0707 e. The smallest absolute Gasteiger partial charge is 0.0707 e. The van der Waals surface area contributed by atoms with Gasteiger partial charge in [0.1, 0.15) is 0 Å². The second-order valence-corrected chi connectivity index (χ2v) is 2.66.